The Hall–Kier alpha value is -2.22. The van der Waals surface area contributed by atoms with Crippen LogP contribution in [0.3, 0.4) is 0 Å². The topological polar surface area (TPSA) is 81.7 Å². The summed E-state index contributed by atoms with van der Waals surface area (Å²) in [5.41, 5.74) is 2.10. The van der Waals surface area contributed by atoms with Crippen molar-refractivity contribution in [3.8, 4) is 0 Å². The molecule has 3 aliphatic heterocycles. The average molecular weight is 443 g/mol. The Bertz CT molecular complexity index is 830. The highest BCUT2D eigenvalue weighted by molar-refractivity contribution is 5.76. The summed E-state index contributed by atoms with van der Waals surface area (Å²) in [4.78, 5) is 40.8. The summed E-state index contributed by atoms with van der Waals surface area (Å²) in [6.45, 7) is 9.06. The zero-order valence-corrected chi connectivity index (χ0v) is 19.9. The van der Waals surface area contributed by atoms with Crippen molar-refractivity contribution < 1.29 is 9.59 Å². The van der Waals surface area contributed by atoms with E-state index in [9.17, 15) is 9.59 Å². The molecule has 2 fully saturated rings. The van der Waals surface area contributed by atoms with Gasteiger partial charge in [-0.2, -0.15) is 0 Å². The molecule has 4 rings (SSSR count). The van der Waals surface area contributed by atoms with Crippen molar-refractivity contribution >= 4 is 17.6 Å². The first-order valence-electron chi connectivity index (χ1n) is 12.3. The van der Waals surface area contributed by atoms with Gasteiger partial charge in [0.2, 0.25) is 11.8 Å². The molecule has 2 amide bonds. The fourth-order valence-electron chi connectivity index (χ4n) is 5.35. The molecule has 1 aromatic heterocycles. The van der Waals surface area contributed by atoms with Crippen molar-refractivity contribution in [3.05, 3.63) is 17.1 Å². The lowest BCUT2D eigenvalue weighted by molar-refractivity contribution is -0.132. The van der Waals surface area contributed by atoms with Crippen LogP contribution in [0.2, 0.25) is 0 Å². The minimum Gasteiger partial charge on any atom is -0.373 e. The number of carbonyl (C=O) groups is 2. The fourth-order valence-corrected chi connectivity index (χ4v) is 5.35. The Kier molecular flexibility index (Phi) is 7.28. The Morgan fingerprint density at radius 3 is 2.44 bits per heavy atom. The van der Waals surface area contributed by atoms with Crippen LogP contribution < -0.4 is 5.32 Å². The molecule has 176 valence electrons. The molecule has 8 heteroatoms. The normalized spacial score (nSPS) is 20.8. The Morgan fingerprint density at radius 1 is 1.06 bits per heavy atom. The van der Waals surface area contributed by atoms with Gasteiger partial charge in [-0.25, -0.2) is 9.97 Å². The lowest BCUT2D eigenvalue weighted by Crippen LogP contribution is -2.39. The van der Waals surface area contributed by atoms with Crippen LogP contribution in [0.5, 0.6) is 0 Å². The van der Waals surface area contributed by atoms with E-state index >= 15 is 0 Å². The zero-order chi connectivity index (χ0) is 22.7. The van der Waals surface area contributed by atoms with Crippen LogP contribution in [-0.2, 0) is 22.6 Å². The van der Waals surface area contributed by atoms with E-state index in [1.54, 1.807) is 6.92 Å². The number of aromatic nitrogens is 2. The number of nitrogens with zero attached hydrogens (tertiary/aromatic N) is 5. The van der Waals surface area contributed by atoms with Gasteiger partial charge in [0.05, 0.1) is 12.2 Å². The molecule has 0 spiro atoms. The molecule has 0 bridgehead atoms. The third kappa shape index (κ3) is 5.05. The van der Waals surface area contributed by atoms with Gasteiger partial charge in [-0.05, 0) is 58.5 Å². The second kappa shape index (κ2) is 10.1. The zero-order valence-electron chi connectivity index (χ0n) is 19.9. The van der Waals surface area contributed by atoms with Gasteiger partial charge in [0.1, 0.15) is 11.6 Å². The number of rotatable bonds is 6. The minimum absolute atomic E-state index is 0.0905. The molecule has 0 aliphatic carbocycles. The van der Waals surface area contributed by atoms with Crippen molar-refractivity contribution in [3.63, 3.8) is 0 Å². The number of anilines is 1. The summed E-state index contributed by atoms with van der Waals surface area (Å²) < 4.78 is 0. The quantitative estimate of drug-likeness (QED) is 0.729. The molecule has 2 saturated heterocycles. The molecular formula is C24H38N6O2. The van der Waals surface area contributed by atoms with Crippen LogP contribution in [0.25, 0.3) is 0 Å². The van der Waals surface area contributed by atoms with E-state index in [0.29, 0.717) is 19.0 Å². The van der Waals surface area contributed by atoms with Crippen molar-refractivity contribution in [2.45, 2.75) is 77.3 Å². The van der Waals surface area contributed by atoms with Crippen molar-refractivity contribution in [1.29, 1.82) is 0 Å². The molecule has 32 heavy (non-hydrogen) atoms. The SMILES string of the molecule is CNc1nc(C2CCN(C(=O)CC[C@H](C)N3CCCC3)CC2)nc2c1CCN(C(C)=O)C2. The Labute approximate surface area is 191 Å². The summed E-state index contributed by atoms with van der Waals surface area (Å²) in [6, 6.07) is 0.498. The monoisotopic (exact) mass is 442 g/mol. The maximum Gasteiger partial charge on any atom is 0.222 e. The number of amides is 2. The lowest BCUT2D eigenvalue weighted by atomic mass is 9.94. The van der Waals surface area contributed by atoms with Crippen molar-refractivity contribution in [1.82, 2.24) is 24.7 Å². The fraction of sp³-hybridized carbons (Fsp3) is 0.750. The summed E-state index contributed by atoms with van der Waals surface area (Å²) in [7, 11) is 1.90. The number of likely N-dealkylation sites (tertiary alicyclic amines) is 2. The van der Waals surface area contributed by atoms with Gasteiger partial charge in [-0.1, -0.05) is 0 Å². The minimum atomic E-state index is 0.0905. The number of hydrogen-bond acceptors (Lipinski definition) is 6. The van der Waals surface area contributed by atoms with Crippen LogP contribution in [0, 0.1) is 0 Å². The average Bonchev–Trinajstić information content (AvgIpc) is 3.36. The molecule has 0 unspecified atom stereocenters. The summed E-state index contributed by atoms with van der Waals surface area (Å²) >= 11 is 0. The Morgan fingerprint density at radius 2 is 1.78 bits per heavy atom. The van der Waals surface area contributed by atoms with Gasteiger partial charge in [0.25, 0.3) is 0 Å². The number of carbonyl (C=O) groups excluding carboxylic acids is 2. The van der Waals surface area contributed by atoms with Crippen molar-refractivity contribution in [2.75, 3.05) is 45.1 Å². The molecule has 0 radical (unpaired) electrons. The van der Waals surface area contributed by atoms with Crippen LogP contribution in [0.1, 0.15) is 75.4 Å². The summed E-state index contributed by atoms with van der Waals surface area (Å²) in [6.07, 6.45) is 6.75. The molecule has 0 aromatic carbocycles. The number of hydrogen-bond donors (Lipinski definition) is 1. The molecule has 3 aliphatic rings. The highest BCUT2D eigenvalue weighted by atomic mass is 16.2. The lowest BCUT2D eigenvalue weighted by Gasteiger charge is -2.33. The first-order valence-corrected chi connectivity index (χ1v) is 12.3. The molecule has 1 aromatic rings. The van der Waals surface area contributed by atoms with Crippen LogP contribution in [0.4, 0.5) is 5.82 Å². The summed E-state index contributed by atoms with van der Waals surface area (Å²) in [5.74, 6) is 2.38. The summed E-state index contributed by atoms with van der Waals surface area (Å²) in [5, 5.41) is 3.23. The second-order valence-electron chi connectivity index (χ2n) is 9.58. The van der Waals surface area contributed by atoms with Crippen LogP contribution in [0.15, 0.2) is 0 Å². The Balaban J connectivity index is 1.34. The van der Waals surface area contributed by atoms with Gasteiger partial charge < -0.3 is 20.0 Å². The van der Waals surface area contributed by atoms with Crippen molar-refractivity contribution in [2.24, 2.45) is 0 Å². The maximum atomic E-state index is 12.8. The second-order valence-corrected chi connectivity index (χ2v) is 9.58. The van der Waals surface area contributed by atoms with E-state index in [0.717, 1.165) is 68.2 Å². The molecule has 4 heterocycles. The van der Waals surface area contributed by atoms with E-state index in [2.05, 4.69) is 17.1 Å². The number of piperidine rings is 1. The predicted octanol–water partition coefficient (Wildman–Crippen LogP) is 2.39. The van der Waals surface area contributed by atoms with E-state index in [-0.39, 0.29) is 17.7 Å². The highest BCUT2D eigenvalue weighted by Gasteiger charge is 2.29. The molecule has 0 saturated carbocycles. The first kappa shape index (κ1) is 23.0. The van der Waals surface area contributed by atoms with E-state index in [4.69, 9.17) is 9.97 Å². The molecule has 1 atom stereocenters. The maximum absolute atomic E-state index is 12.8. The highest BCUT2D eigenvalue weighted by Crippen LogP contribution is 2.31. The van der Waals surface area contributed by atoms with E-state index < -0.39 is 0 Å². The third-order valence-corrected chi connectivity index (χ3v) is 7.52. The van der Waals surface area contributed by atoms with Crippen LogP contribution >= 0.6 is 0 Å². The van der Waals surface area contributed by atoms with E-state index in [1.165, 1.54) is 25.9 Å². The first-order chi connectivity index (χ1) is 15.5. The largest absolute Gasteiger partial charge is 0.373 e. The molecular weight excluding hydrogens is 404 g/mol. The van der Waals surface area contributed by atoms with Gasteiger partial charge in [-0.3, -0.25) is 9.59 Å². The predicted molar refractivity (Wildman–Crippen MR) is 124 cm³/mol. The molecule has 1 N–H and O–H groups in total. The van der Waals surface area contributed by atoms with Crippen LogP contribution in [-0.4, -0.2) is 82.3 Å². The third-order valence-electron chi connectivity index (χ3n) is 7.52. The van der Waals surface area contributed by atoms with Gasteiger partial charge >= 0.3 is 0 Å². The van der Waals surface area contributed by atoms with Gasteiger partial charge in [0, 0.05) is 57.5 Å². The van der Waals surface area contributed by atoms with Gasteiger partial charge in [0.15, 0.2) is 0 Å². The van der Waals surface area contributed by atoms with E-state index in [1.807, 2.05) is 16.8 Å². The standard InChI is InChI=1S/C24H38N6O2/c1-17(28-11-4-5-12-28)6-7-22(32)29-13-8-19(9-14-29)23-26-21-16-30(18(2)31)15-10-20(21)24(25-3)27-23/h17,19H,4-16H2,1-3H3,(H,25,26,27)/t17-/m0/s1. The number of nitrogens with one attached hydrogen (secondary N) is 1. The number of fused-ring (bicyclic) bond motifs is 1. The molecule has 8 nitrogen and oxygen atoms in total. The van der Waals surface area contributed by atoms with Gasteiger partial charge in [-0.15, -0.1) is 0 Å². The smallest absolute Gasteiger partial charge is 0.222 e.